The standard InChI is InChI=1S/C46H32N6O9/c53-41-21-20-39(44(56)50-41)51-45(57)35-19-6-27(24-36(35)46(51)58)4-1-2-22-47-42(54)30-11-15-33(16-12-30)48-43(55)31-9-7-28(8-10-31)32-25-37(29-13-17-34(18-14-29)52(59)60)49-38(26-32)40-5-3-23-61-40/h3,5-19,23-26,39H,2,20-22H2,(H,47,54)(H,48,55)(H,50,53,56). The Balaban J connectivity index is 0.849. The van der Waals surface area contributed by atoms with Crippen molar-refractivity contribution in [2.45, 2.75) is 25.3 Å². The van der Waals surface area contributed by atoms with Crippen LogP contribution in [-0.2, 0) is 9.59 Å². The molecular formula is C46H32N6O9. The van der Waals surface area contributed by atoms with E-state index in [1.54, 1.807) is 85.1 Å². The van der Waals surface area contributed by atoms with Gasteiger partial charge in [0.1, 0.15) is 11.7 Å². The summed E-state index contributed by atoms with van der Waals surface area (Å²) in [5.74, 6) is 3.38. The van der Waals surface area contributed by atoms with E-state index in [2.05, 4.69) is 27.8 Å². The summed E-state index contributed by atoms with van der Waals surface area (Å²) < 4.78 is 5.59. The number of piperidine rings is 1. The molecular weight excluding hydrogens is 781 g/mol. The van der Waals surface area contributed by atoms with Gasteiger partial charge in [-0.3, -0.25) is 49.1 Å². The first kappa shape index (κ1) is 39.3. The van der Waals surface area contributed by atoms with E-state index in [1.807, 2.05) is 12.1 Å². The van der Waals surface area contributed by atoms with Gasteiger partial charge < -0.3 is 15.1 Å². The van der Waals surface area contributed by atoms with Gasteiger partial charge in [0.25, 0.3) is 29.3 Å². The van der Waals surface area contributed by atoms with Crippen LogP contribution in [0, 0.1) is 22.0 Å². The quantitative estimate of drug-likeness (QED) is 0.0455. The molecule has 2 aliphatic rings. The van der Waals surface area contributed by atoms with Crippen molar-refractivity contribution in [1.82, 2.24) is 20.5 Å². The molecule has 8 rings (SSSR count). The third-order valence-corrected chi connectivity index (χ3v) is 10.1. The van der Waals surface area contributed by atoms with Gasteiger partial charge in [-0.15, -0.1) is 0 Å². The van der Waals surface area contributed by atoms with Gasteiger partial charge in [-0.1, -0.05) is 24.0 Å². The van der Waals surface area contributed by atoms with Crippen molar-refractivity contribution in [2.75, 3.05) is 11.9 Å². The Hall–Kier alpha value is -8.51. The summed E-state index contributed by atoms with van der Waals surface area (Å²) in [6.45, 7) is 0.230. The lowest BCUT2D eigenvalue weighted by molar-refractivity contribution is -0.384. The molecule has 6 aromatic rings. The first-order valence-corrected chi connectivity index (χ1v) is 19.0. The van der Waals surface area contributed by atoms with Gasteiger partial charge in [-0.05, 0) is 109 Å². The van der Waals surface area contributed by atoms with Crippen LogP contribution >= 0.6 is 0 Å². The minimum Gasteiger partial charge on any atom is -0.463 e. The van der Waals surface area contributed by atoms with Gasteiger partial charge in [0.2, 0.25) is 11.8 Å². The molecule has 0 aliphatic carbocycles. The van der Waals surface area contributed by atoms with E-state index in [0.717, 1.165) is 16.0 Å². The van der Waals surface area contributed by atoms with E-state index in [1.165, 1.54) is 24.3 Å². The molecule has 6 amide bonds. The molecule has 0 bridgehead atoms. The maximum Gasteiger partial charge on any atom is 0.269 e. The van der Waals surface area contributed by atoms with Crippen LogP contribution in [-0.4, -0.2) is 62.8 Å². The largest absolute Gasteiger partial charge is 0.463 e. The van der Waals surface area contributed by atoms with E-state index in [4.69, 9.17) is 9.40 Å². The Morgan fingerprint density at radius 2 is 1.49 bits per heavy atom. The summed E-state index contributed by atoms with van der Waals surface area (Å²) in [4.78, 5) is 92.1. The summed E-state index contributed by atoms with van der Waals surface area (Å²) >= 11 is 0. The Morgan fingerprint density at radius 3 is 2.20 bits per heavy atom. The van der Waals surface area contributed by atoms with Crippen molar-refractivity contribution >= 4 is 46.8 Å². The second-order valence-corrected chi connectivity index (χ2v) is 14.0. The molecule has 0 saturated carbocycles. The number of anilines is 1. The highest BCUT2D eigenvalue weighted by atomic mass is 16.6. The number of imide groups is 2. The highest BCUT2D eigenvalue weighted by Gasteiger charge is 2.44. The van der Waals surface area contributed by atoms with Crippen molar-refractivity contribution < 1.29 is 38.1 Å². The molecule has 1 saturated heterocycles. The average Bonchev–Trinajstić information content (AvgIpc) is 3.90. The SMILES string of the molecule is O=C1CCC(N2C(=O)c3ccc(C#CCCNC(=O)c4ccc(NC(=O)c5ccc(-c6cc(-c7ccc([N+](=O)[O-])cc7)nc(-c7ccco7)c6)cc5)cc4)cc3C2=O)C(=O)N1. The van der Waals surface area contributed by atoms with Gasteiger partial charge >= 0.3 is 0 Å². The summed E-state index contributed by atoms with van der Waals surface area (Å²) in [6.07, 6.45) is 1.93. The number of hydrogen-bond acceptors (Lipinski definition) is 10. The van der Waals surface area contributed by atoms with Crippen molar-refractivity contribution in [3.05, 3.63) is 159 Å². The number of pyridine rings is 1. The predicted molar refractivity (Wildman–Crippen MR) is 221 cm³/mol. The number of hydrogen-bond donors (Lipinski definition) is 3. The fraction of sp³-hybridized carbons (Fsp3) is 0.109. The third-order valence-electron chi connectivity index (χ3n) is 10.1. The molecule has 0 radical (unpaired) electrons. The molecule has 15 nitrogen and oxygen atoms in total. The van der Waals surface area contributed by atoms with Crippen LogP contribution in [0.15, 0.2) is 126 Å². The van der Waals surface area contributed by atoms with Crippen molar-refractivity contribution in [2.24, 2.45) is 0 Å². The molecule has 0 spiro atoms. The van der Waals surface area contributed by atoms with E-state index < -0.39 is 34.6 Å². The molecule has 4 heterocycles. The number of rotatable bonds is 10. The molecule has 4 aromatic carbocycles. The topological polar surface area (TPSA) is 211 Å². The predicted octanol–water partition coefficient (Wildman–Crippen LogP) is 6.41. The van der Waals surface area contributed by atoms with E-state index in [9.17, 15) is 38.9 Å². The molecule has 1 unspecified atom stereocenters. The van der Waals surface area contributed by atoms with Gasteiger partial charge in [0, 0.05) is 59.5 Å². The van der Waals surface area contributed by atoms with E-state index >= 15 is 0 Å². The Labute approximate surface area is 346 Å². The lowest BCUT2D eigenvalue weighted by Crippen LogP contribution is -2.54. The van der Waals surface area contributed by atoms with E-state index in [-0.39, 0.29) is 54.4 Å². The van der Waals surface area contributed by atoms with Crippen molar-refractivity contribution in [3.63, 3.8) is 0 Å². The van der Waals surface area contributed by atoms with Crippen LogP contribution in [0.1, 0.15) is 66.3 Å². The van der Waals surface area contributed by atoms with Crippen molar-refractivity contribution in [1.29, 1.82) is 0 Å². The number of carbonyl (C=O) groups is 6. The summed E-state index contributed by atoms with van der Waals surface area (Å²) in [7, 11) is 0. The number of nitrogens with zero attached hydrogens (tertiary/aromatic N) is 3. The van der Waals surface area contributed by atoms with Crippen LogP contribution in [0.2, 0.25) is 0 Å². The summed E-state index contributed by atoms with van der Waals surface area (Å²) in [6, 6.07) is 30.3. The molecule has 1 fully saturated rings. The molecule has 2 aromatic heterocycles. The number of carbonyl (C=O) groups excluding carboxylic acids is 6. The highest BCUT2D eigenvalue weighted by molar-refractivity contribution is 6.23. The molecule has 300 valence electrons. The zero-order valence-corrected chi connectivity index (χ0v) is 32.0. The molecule has 2 aliphatic heterocycles. The second kappa shape index (κ2) is 16.8. The monoisotopic (exact) mass is 812 g/mol. The average molecular weight is 813 g/mol. The van der Waals surface area contributed by atoms with Crippen LogP contribution in [0.5, 0.6) is 0 Å². The van der Waals surface area contributed by atoms with Gasteiger partial charge in [0.05, 0.1) is 28.0 Å². The van der Waals surface area contributed by atoms with Crippen LogP contribution in [0.3, 0.4) is 0 Å². The number of non-ortho nitro benzene ring substituents is 1. The lowest BCUT2D eigenvalue weighted by atomic mass is 10.00. The fourth-order valence-corrected chi connectivity index (χ4v) is 6.93. The smallest absolute Gasteiger partial charge is 0.269 e. The molecule has 3 N–H and O–H groups in total. The van der Waals surface area contributed by atoms with Crippen LogP contribution < -0.4 is 16.0 Å². The van der Waals surface area contributed by atoms with Crippen LogP contribution in [0.25, 0.3) is 33.8 Å². The zero-order chi connectivity index (χ0) is 42.6. The summed E-state index contributed by atoms with van der Waals surface area (Å²) in [5.41, 5.74) is 5.42. The maximum absolute atomic E-state index is 13.2. The number of benzene rings is 4. The number of furan rings is 1. The molecule has 1 atom stereocenters. The highest BCUT2D eigenvalue weighted by Crippen LogP contribution is 2.32. The van der Waals surface area contributed by atoms with Gasteiger partial charge in [-0.2, -0.15) is 0 Å². The number of nitrogens with one attached hydrogen (secondary N) is 3. The fourth-order valence-electron chi connectivity index (χ4n) is 6.93. The Bertz CT molecular complexity index is 2820. The number of amides is 6. The maximum atomic E-state index is 13.2. The van der Waals surface area contributed by atoms with Gasteiger partial charge in [-0.25, -0.2) is 4.98 Å². The molecule has 15 heteroatoms. The number of nitro groups is 1. The Kier molecular flexibility index (Phi) is 10.8. The number of fused-ring (bicyclic) bond motifs is 1. The number of aromatic nitrogens is 1. The van der Waals surface area contributed by atoms with Gasteiger partial charge in [0.15, 0.2) is 5.76 Å². The first-order valence-electron chi connectivity index (χ1n) is 19.0. The molecule has 61 heavy (non-hydrogen) atoms. The lowest BCUT2D eigenvalue weighted by Gasteiger charge is -2.27. The third kappa shape index (κ3) is 8.41. The first-order chi connectivity index (χ1) is 29.5. The Morgan fingerprint density at radius 1 is 0.803 bits per heavy atom. The minimum absolute atomic E-state index is 0.0297. The van der Waals surface area contributed by atoms with E-state index in [0.29, 0.717) is 45.1 Å². The van der Waals surface area contributed by atoms with Crippen LogP contribution in [0.4, 0.5) is 11.4 Å². The summed E-state index contributed by atoms with van der Waals surface area (Å²) in [5, 5.41) is 19.0. The van der Waals surface area contributed by atoms with Crippen molar-refractivity contribution in [3.8, 4) is 45.7 Å². The normalized spacial score (nSPS) is 14.4. The second-order valence-electron chi connectivity index (χ2n) is 14.0. The minimum atomic E-state index is -1.05. The number of nitro benzene ring substituents is 1. The zero-order valence-electron chi connectivity index (χ0n) is 32.0.